The van der Waals surface area contributed by atoms with Gasteiger partial charge in [0.1, 0.15) is 0 Å². The van der Waals surface area contributed by atoms with Gasteiger partial charge in [-0.2, -0.15) is 0 Å². The quantitative estimate of drug-likeness (QED) is 0.650. The lowest BCUT2D eigenvalue weighted by atomic mass is 9.77. The maximum absolute atomic E-state index is 12.4. The Balaban J connectivity index is 3.40. The Kier molecular flexibility index (Phi) is 3.52. The molecule has 1 rings (SSSR count). The van der Waals surface area contributed by atoms with Crippen LogP contribution in [0.2, 0.25) is 0 Å². The number of aryl methyl sites for hydroxylation is 1. The lowest BCUT2D eigenvalue weighted by Gasteiger charge is -2.26. The summed E-state index contributed by atoms with van der Waals surface area (Å²) in [6, 6.07) is 6.14. The van der Waals surface area contributed by atoms with E-state index in [1.165, 1.54) is 5.56 Å². The van der Waals surface area contributed by atoms with E-state index in [2.05, 4.69) is 33.8 Å². The molecule has 0 aliphatic rings. The third-order valence-corrected chi connectivity index (χ3v) is 2.91. The highest BCUT2D eigenvalue weighted by molar-refractivity contribution is 6.01. The SMILES string of the molecule is Cc1ccc(C(=O)C(C)(C)C)c(C(C)(C)C)c1. The second kappa shape index (κ2) is 4.29. The van der Waals surface area contributed by atoms with Crippen molar-refractivity contribution in [3.05, 3.63) is 34.9 Å². The number of Topliss-reactive ketones (excluding diaryl/α,β-unsaturated/α-hetero) is 1. The van der Waals surface area contributed by atoms with Crippen LogP contribution in [0.4, 0.5) is 0 Å². The zero-order valence-electron chi connectivity index (χ0n) is 12.1. The summed E-state index contributed by atoms with van der Waals surface area (Å²) in [7, 11) is 0. The summed E-state index contributed by atoms with van der Waals surface area (Å²) in [5.74, 6) is 0.224. The number of carbonyl (C=O) groups excluding carboxylic acids is 1. The van der Waals surface area contributed by atoms with Crippen molar-refractivity contribution in [2.24, 2.45) is 5.41 Å². The summed E-state index contributed by atoms with van der Waals surface area (Å²) in [6.45, 7) is 14.5. The van der Waals surface area contributed by atoms with Gasteiger partial charge in [-0.3, -0.25) is 4.79 Å². The average molecular weight is 232 g/mol. The fourth-order valence-electron chi connectivity index (χ4n) is 1.88. The van der Waals surface area contributed by atoms with E-state index < -0.39 is 0 Å². The molecule has 1 aromatic rings. The first-order valence-electron chi connectivity index (χ1n) is 6.19. The van der Waals surface area contributed by atoms with Crippen LogP contribution < -0.4 is 0 Å². The van der Waals surface area contributed by atoms with Crippen molar-refractivity contribution in [2.75, 3.05) is 0 Å². The first-order chi connectivity index (χ1) is 7.53. The molecule has 1 aromatic carbocycles. The fraction of sp³-hybridized carbons (Fsp3) is 0.562. The van der Waals surface area contributed by atoms with Gasteiger partial charge in [-0.05, 0) is 17.9 Å². The molecular weight excluding hydrogens is 208 g/mol. The van der Waals surface area contributed by atoms with E-state index in [0.717, 1.165) is 11.1 Å². The average Bonchev–Trinajstić information content (AvgIpc) is 2.14. The third kappa shape index (κ3) is 3.18. The Morgan fingerprint density at radius 3 is 1.94 bits per heavy atom. The molecule has 0 aliphatic heterocycles. The zero-order chi connectivity index (χ0) is 13.4. The van der Waals surface area contributed by atoms with Gasteiger partial charge >= 0.3 is 0 Å². The smallest absolute Gasteiger partial charge is 0.168 e. The molecule has 0 spiro atoms. The highest BCUT2D eigenvalue weighted by Gasteiger charge is 2.28. The maximum atomic E-state index is 12.4. The number of hydrogen-bond donors (Lipinski definition) is 0. The summed E-state index contributed by atoms with van der Waals surface area (Å²) < 4.78 is 0. The van der Waals surface area contributed by atoms with Gasteiger partial charge in [-0.25, -0.2) is 0 Å². The molecule has 0 radical (unpaired) electrons. The van der Waals surface area contributed by atoms with Gasteiger partial charge in [0.25, 0.3) is 0 Å². The second-order valence-electron chi connectivity index (χ2n) is 6.88. The Labute approximate surface area is 105 Å². The molecule has 0 saturated carbocycles. The van der Waals surface area contributed by atoms with Crippen LogP contribution in [0.25, 0.3) is 0 Å². The molecule has 0 aromatic heterocycles. The number of hydrogen-bond acceptors (Lipinski definition) is 1. The summed E-state index contributed by atoms with van der Waals surface area (Å²) >= 11 is 0. The van der Waals surface area contributed by atoms with Gasteiger partial charge in [0.2, 0.25) is 0 Å². The number of rotatable bonds is 1. The van der Waals surface area contributed by atoms with Crippen LogP contribution in [0.15, 0.2) is 18.2 Å². The van der Waals surface area contributed by atoms with E-state index >= 15 is 0 Å². The van der Waals surface area contributed by atoms with Gasteiger partial charge in [-0.15, -0.1) is 0 Å². The molecule has 0 heterocycles. The summed E-state index contributed by atoms with van der Waals surface area (Å²) in [5, 5.41) is 0. The van der Waals surface area contributed by atoms with Crippen molar-refractivity contribution in [3.8, 4) is 0 Å². The van der Waals surface area contributed by atoms with Gasteiger partial charge in [0.15, 0.2) is 5.78 Å². The van der Waals surface area contributed by atoms with Gasteiger partial charge in [0.05, 0.1) is 0 Å². The van der Waals surface area contributed by atoms with Crippen LogP contribution in [0.5, 0.6) is 0 Å². The third-order valence-electron chi connectivity index (χ3n) is 2.91. The minimum atomic E-state index is -0.324. The minimum Gasteiger partial charge on any atom is -0.294 e. The van der Waals surface area contributed by atoms with Crippen molar-refractivity contribution in [1.82, 2.24) is 0 Å². The Morgan fingerprint density at radius 2 is 1.53 bits per heavy atom. The summed E-state index contributed by atoms with van der Waals surface area (Å²) in [4.78, 5) is 12.4. The first-order valence-corrected chi connectivity index (χ1v) is 6.19. The van der Waals surface area contributed by atoms with Crippen molar-refractivity contribution < 1.29 is 4.79 Å². The lowest BCUT2D eigenvalue weighted by Crippen LogP contribution is -2.25. The van der Waals surface area contributed by atoms with E-state index in [9.17, 15) is 4.79 Å². The summed E-state index contributed by atoms with van der Waals surface area (Å²) in [5.41, 5.74) is 2.91. The molecule has 17 heavy (non-hydrogen) atoms. The van der Waals surface area contributed by atoms with Crippen molar-refractivity contribution in [1.29, 1.82) is 0 Å². The molecule has 0 amide bonds. The van der Waals surface area contributed by atoms with E-state index in [-0.39, 0.29) is 16.6 Å². The molecular formula is C16H24O. The van der Waals surface area contributed by atoms with Crippen LogP contribution in [-0.2, 0) is 5.41 Å². The maximum Gasteiger partial charge on any atom is 0.168 e. The molecule has 0 N–H and O–H groups in total. The van der Waals surface area contributed by atoms with Crippen LogP contribution in [0.3, 0.4) is 0 Å². The van der Waals surface area contributed by atoms with Crippen LogP contribution in [-0.4, -0.2) is 5.78 Å². The highest BCUT2D eigenvalue weighted by atomic mass is 16.1. The number of carbonyl (C=O) groups is 1. The predicted molar refractivity (Wildman–Crippen MR) is 73.7 cm³/mol. The van der Waals surface area contributed by atoms with Crippen molar-refractivity contribution in [2.45, 2.75) is 53.9 Å². The van der Waals surface area contributed by atoms with Crippen molar-refractivity contribution >= 4 is 5.78 Å². The van der Waals surface area contributed by atoms with Crippen molar-refractivity contribution in [3.63, 3.8) is 0 Å². The van der Waals surface area contributed by atoms with E-state index in [1.807, 2.05) is 32.9 Å². The molecule has 0 fully saturated rings. The zero-order valence-corrected chi connectivity index (χ0v) is 12.1. The topological polar surface area (TPSA) is 17.1 Å². The molecule has 0 bridgehead atoms. The largest absolute Gasteiger partial charge is 0.294 e. The van der Waals surface area contributed by atoms with E-state index in [1.54, 1.807) is 0 Å². The normalized spacial score (nSPS) is 12.6. The lowest BCUT2D eigenvalue weighted by molar-refractivity contribution is 0.0856. The monoisotopic (exact) mass is 232 g/mol. The first kappa shape index (κ1) is 14.0. The van der Waals surface area contributed by atoms with Crippen LogP contribution in [0.1, 0.15) is 63.0 Å². The Hall–Kier alpha value is -1.11. The summed E-state index contributed by atoms with van der Waals surface area (Å²) in [6.07, 6.45) is 0. The highest BCUT2D eigenvalue weighted by Crippen LogP contribution is 2.31. The number of ketones is 1. The van der Waals surface area contributed by atoms with Gasteiger partial charge in [-0.1, -0.05) is 65.3 Å². The molecule has 1 nitrogen and oxygen atoms in total. The van der Waals surface area contributed by atoms with Gasteiger partial charge in [0, 0.05) is 11.0 Å². The van der Waals surface area contributed by atoms with E-state index in [0.29, 0.717) is 0 Å². The van der Waals surface area contributed by atoms with E-state index in [4.69, 9.17) is 0 Å². The van der Waals surface area contributed by atoms with Crippen LogP contribution in [0, 0.1) is 12.3 Å². The second-order valence-corrected chi connectivity index (χ2v) is 6.88. The molecule has 0 aliphatic carbocycles. The van der Waals surface area contributed by atoms with Crippen LogP contribution >= 0.6 is 0 Å². The Morgan fingerprint density at radius 1 is 1.00 bits per heavy atom. The molecule has 1 heteroatoms. The Bertz CT molecular complexity index is 428. The predicted octanol–water partition coefficient (Wildman–Crippen LogP) is 4.52. The molecule has 0 unspecified atom stereocenters. The van der Waals surface area contributed by atoms with Gasteiger partial charge < -0.3 is 0 Å². The molecule has 94 valence electrons. The molecule has 0 atom stereocenters. The fourth-order valence-corrected chi connectivity index (χ4v) is 1.88. The minimum absolute atomic E-state index is 0.00225. The molecule has 0 saturated heterocycles. The number of benzene rings is 1. The standard InChI is InChI=1S/C16H24O/c1-11-8-9-12(14(17)16(5,6)7)13(10-11)15(2,3)4/h8-10H,1-7H3.